The summed E-state index contributed by atoms with van der Waals surface area (Å²) in [5, 5.41) is 0.828. The van der Waals surface area contributed by atoms with E-state index in [1.165, 1.54) is 24.1 Å². The summed E-state index contributed by atoms with van der Waals surface area (Å²) >= 11 is 6.08. The number of benzene rings is 1. The average molecular weight is 331 g/mol. The van der Waals surface area contributed by atoms with Crippen molar-refractivity contribution in [1.82, 2.24) is 19.4 Å². The standard InChI is InChI=1S/C18H23ClN4/c19-16-3-1-2-15(10-16)12-21-6-8-22(9-7-21)13-18-11-20-14-23(18)17-4-5-17/h1-3,10-11,14,17H,4-9,12-13H2. The normalized spacial score (nSPS) is 20.0. The van der Waals surface area contributed by atoms with Crippen LogP contribution in [0.2, 0.25) is 5.02 Å². The number of aromatic nitrogens is 2. The molecule has 4 nitrogen and oxygen atoms in total. The summed E-state index contributed by atoms with van der Waals surface area (Å²) in [4.78, 5) is 9.40. The summed E-state index contributed by atoms with van der Waals surface area (Å²) in [5.74, 6) is 0. The predicted octanol–water partition coefficient (Wildman–Crippen LogP) is 3.19. The molecule has 2 aliphatic rings. The first kappa shape index (κ1) is 15.2. The van der Waals surface area contributed by atoms with Gasteiger partial charge in [-0.15, -0.1) is 0 Å². The minimum atomic E-state index is 0.719. The maximum absolute atomic E-state index is 6.08. The van der Waals surface area contributed by atoms with Crippen molar-refractivity contribution in [2.75, 3.05) is 26.2 Å². The van der Waals surface area contributed by atoms with Crippen molar-refractivity contribution in [2.45, 2.75) is 32.0 Å². The van der Waals surface area contributed by atoms with E-state index in [1.807, 2.05) is 24.7 Å². The molecule has 1 aliphatic heterocycles. The van der Waals surface area contributed by atoms with Gasteiger partial charge in [-0.3, -0.25) is 9.80 Å². The molecule has 0 unspecified atom stereocenters. The molecule has 0 bridgehead atoms. The lowest BCUT2D eigenvalue weighted by Gasteiger charge is -2.34. The van der Waals surface area contributed by atoms with E-state index in [2.05, 4.69) is 31.5 Å². The van der Waals surface area contributed by atoms with Gasteiger partial charge >= 0.3 is 0 Å². The smallest absolute Gasteiger partial charge is 0.0951 e. The molecule has 4 rings (SSSR count). The summed E-state index contributed by atoms with van der Waals surface area (Å²) in [6.07, 6.45) is 6.67. The summed E-state index contributed by atoms with van der Waals surface area (Å²) in [5.41, 5.74) is 2.67. The fraction of sp³-hybridized carbons (Fsp3) is 0.500. The molecule has 1 aromatic heterocycles. The SMILES string of the molecule is Clc1cccc(CN2CCN(Cc3cncn3C3CC3)CC2)c1. The molecule has 1 saturated carbocycles. The highest BCUT2D eigenvalue weighted by atomic mass is 35.5. The molecule has 0 atom stereocenters. The van der Waals surface area contributed by atoms with Gasteiger partial charge in [0.25, 0.3) is 0 Å². The zero-order valence-corrected chi connectivity index (χ0v) is 14.1. The Kier molecular flexibility index (Phi) is 4.38. The molecular weight excluding hydrogens is 308 g/mol. The van der Waals surface area contributed by atoms with Crippen LogP contribution in [0.1, 0.15) is 30.1 Å². The zero-order valence-electron chi connectivity index (χ0n) is 13.4. The molecule has 2 heterocycles. The minimum Gasteiger partial charge on any atom is -0.330 e. The van der Waals surface area contributed by atoms with Crippen LogP contribution < -0.4 is 0 Å². The van der Waals surface area contributed by atoms with Crippen LogP contribution in [0.5, 0.6) is 0 Å². The Labute approximate surface area is 142 Å². The maximum atomic E-state index is 6.08. The third kappa shape index (κ3) is 3.77. The monoisotopic (exact) mass is 330 g/mol. The van der Waals surface area contributed by atoms with Crippen molar-refractivity contribution >= 4 is 11.6 Å². The van der Waals surface area contributed by atoms with Crippen LogP contribution in [0.25, 0.3) is 0 Å². The Hall–Kier alpha value is -1.36. The lowest BCUT2D eigenvalue weighted by Crippen LogP contribution is -2.45. The predicted molar refractivity (Wildman–Crippen MR) is 92.5 cm³/mol. The molecule has 1 aromatic carbocycles. The largest absolute Gasteiger partial charge is 0.330 e. The van der Waals surface area contributed by atoms with Gasteiger partial charge in [-0.1, -0.05) is 23.7 Å². The third-order valence-electron chi connectivity index (χ3n) is 4.83. The average Bonchev–Trinajstić information content (AvgIpc) is 3.29. The van der Waals surface area contributed by atoms with Crippen molar-refractivity contribution in [1.29, 1.82) is 0 Å². The van der Waals surface area contributed by atoms with Gasteiger partial charge in [0.2, 0.25) is 0 Å². The molecule has 1 aliphatic carbocycles. The first-order chi connectivity index (χ1) is 11.3. The molecule has 2 fully saturated rings. The van der Waals surface area contributed by atoms with Crippen molar-refractivity contribution in [3.05, 3.63) is 53.1 Å². The van der Waals surface area contributed by atoms with Crippen LogP contribution in [-0.2, 0) is 13.1 Å². The molecule has 0 radical (unpaired) electrons. The van der Waals surface area contributed by atoms with E-state index >= 15 is 0 Å². The Morgan fingerprint density at radius 2 is 1.78 bits per heavy atom. The van der Waals surface area contributed by atoms with E-state index in [4.69, 9.17) is 11.6 Å². The van der Waals surface area contributed by atoms with Crippen molar-refractivity contribution < 1.29 is 0 Å². The topological polar surface area (TPSA) is 24.3 Å². The molecule has 2 aromatic rings. The maximum Gasteiger partial charge on any atom is 0.0951 e. The van der Waals surface area contributed by atoms with Crippen LogP contribution in [0, 0.1) is 0 Å². The number of hydrogen-bond acceptors (Lipinski definition) is 3. The fourth-order valence-electron chi connectivity index (χ4n) is 3.36. The van der Waals surface area contributed by atoms with E-state index in [0.29, 0.717) is 0 Å². The quantitative estimate of drug-likeness (QED) is 0.841. The van der Waals surface area contributed by atoms with Crippen LogP contribution in [0.3, 0.4) is 0 Å². The first-order valence-electron chi connectivity index (χ1n) is 8.48. The van der Waals surface area contributed by atoms with Gasteiger partial charge in [0.15, 0.2) is 0 Å². The number of nitrogens with zero attached hydrogens (tertiary/aromatic N) is 4. The minimum absolute atomic E-state index is 0.719. The highest BCUT2D eigenvalue weighted by molar-refractivity contribution is 6.30. The van der Waals surface area contributed by atoms with Crippen molar-refractivity contribution in [2.24, 2.45) is 0 Å². The molecule has 0 N–H and O–H groups in total. The van der Waals surface area contributed by atoms with Gasteiger partial charge in [0, 0.05) is 56.5 Å². The molecule has 0 amide bonds. The number of piperazine rings is 1. The van der Waals surface area contributed by atoms with E-state index in [9.17, 15) is 0 Å². The molecule has 5 heteroatoms. The van der Waals surface area contributed by atoms with Gasteiger partial charge in [-0.05, 0) is 30.5 Å². The van der Waals surface area contributed by atoms with Crippen LogP contribution >= 0.6 is 11.6 Å². The van der Waals surface area contributed by atoms with Gasteiger partial charge < -0.3 is 4.57 Å². The number of imidazole rings is 1. The van der Waals surface area contributed by atoms with Gasteiger partial charge in [-0.25, -0.2) is 4.98 Å². The molecular formula is C18H23ClN4. The summed E-state index contributed by atoms with van der Waals surface area (Å²) in [6.45, 7) is 6.50. The summed E-state index contributed by atoms with van der Waals surface area (Å²) < 4.78 is 2.37. The Morgan fingerprint density at radius 3 is 2.48 bits per heavy atom. The summed E-state index contributed by atoms with van der Waals surface area (Å²) in [6, 6.07) is 8.92. The van der Waals surface area contributed by atoms with Gasteiger partial charge in [0.1, 0.15) is 0 Å². The van der Waals surface area contributed by atoms with E-state index in [-0.39, 0.29) is 0 Å². The molecule has 122 valence electrons. The second-order valence-electron chi connectivity index (χ2n) is 6.71. The molecule has 23 heavy (non-hydrogen) atoms. The fourth-order valence-corrected chi connectivity index (χ4v) is 3.58. The molecule has 1 saturated heterocycles. The van der Waals surface area contributed by atoms with Gasteiger partial charge in [0.05, 0.1) is 12.0 Å². The van der Waals surface area contributed by atoms with Crippen LogP contribution in [-0.4, -0.2) is 45.5 Å². The third-order valence-corrected chi connectivity index (χ3v) is 5.07. The Balaban J connectivity index is 1.29. The van der Waals surface area contributed by atoms with Gasteiger partial charge in [-0.2, -0.15) is 0 Å². The zero-order chi connectivity index (χ0) is 15.6. The van der Waals surface area contributed by atoms with E-state index in [0.717, 1.165) is 50.3 Å². The van der Waals surface area contributed by atoms with Crippen molar-refractivity contribution in [3.63, 3.8) is 0 Å². The highest BCUT2D eigenvalue weighted by Crippen LogP contribution is 2.35. The number of rotatable bonds is 5. The van der Waals surface area contributed by atoms with Crippen LogP contribution in [0.15, 0.2) is 36.8 Å². The summed E-state index contributed by atoms with van der Waals surface area (Å²) in [7, 11) is 0. The van der Waals surface area contributed by atoms with E-state index in [1.54, 1.807) is 0 Å². The highest BCUT2D eigenvalue weighted by Gasteiger charge is 2.26. The first-order valence-corrected chi connectivity index (χ1v) is 8.85. The lowest BCUT2D eigenvalue weighted by atomic mass is 10.2. The number of hydrogen-bond donors (Lipinski definition) is 0. The number of halogens is 1. The second kappa shape index (κ2) is 6.63. The Morgan fingerprint density at radius 1 is 1.04 bits per heavy atom. The second-order valence-corrected chi connectivity index (χ2v) is 7.14. The lowest BCUT2D eigenvalue weighted by molar-refractivity contribution is 0.120. The van der Waals surface area contributed by atoms with Crippen LogP contribution in [0.4, 0.5) is 0 Å². The Bertz CT molecular complexity index is 657. The molecule has 0 spiro atoms. The van der Waals surface area contributed by atoms with Crippen molar-refractivity contribution in [3.8, 4) is 0 Å². The van der Waals surface area contributed by atoms with E-state index < -0.39 is 0 Å².